The van der Waals surface area contributed by atoms with Gasteiger partial charge in [0.2, 0.25) is 0 Å². The highest BCUT2D eigenvalue weighted by Crippen LogP contribution is 2.26. The van der Waals surface area contributed by atoms with Gasteiger partial charge in [-0.05, 0) is 62.6 Å². The van der Waals surface area contributed by atoms with Gasteiger partial charge in [-0.3, -0.25) is 4.79 Å². The SMILES string of the molecule is C[C@@H](OC(=O)c1c(Cl)cccc1Cl)C(=O)Nc1ccc(N2CCCCC2)cc1. The van der Waals surface area contributed by atoms with Crippen molar-refractivity contribution >= 4 is 46.5 Å². The Kier molecular flexibility index (Phi) is 6.81. The first-order valence-electron chi connectivity index (χ1n) is 9.26. The van der Waals surface area contributed by atoms with Crippen molar-refractivity contribution in [3.8, 4) is 0 Å². The van der Waals surface area contributed by atoms with Crippen molar-refractivity contribution in [2.45, 2.75) is 32.3 Å². The molecule has 1 N–H and O–H groups in total. The number of esters is 1. The quantitative estimate of drug-likeness (QED) is 0.677. The first-order chi connectivity index (χ1) is 13.5. The molecule has 0 saturated carbocycles. The average molecular weight is 421 g/mol. The predicted octanol–water partition coefficient (Wildman–Crippen LogP) is 5.17. The van der Waals surface area contributed by atoms with Crippen molar-refractivity contribution in [3.63, 3.8) is 0 Å². The third kappa shape index (κ3) is 4.97. The van der Waals surface area contributed by atoms with Crippen LogP contribution in [0.25, 0.3) is 0 Å². The van der Waals surface area contributed by atoms with Gasteiger partial charge in [0.05, 0.1) is 15.6 Å². The van der Waals surface area contributed by atoms with Gasteiger partial charge in [0.15, 0.2) is 6.10 Å². The molecule has 28 heavy (non-hydrogen) atoms. The molecule has 1 aliphatic heterocycles. The molecule has 5 nitrogen and oxygen atoms in total. The largest absolute Gasteiger partial charge is 0.449 e. The molecule has 3 rings (SSSR count). The number of amides is 1. The van der Waals surface area contributed by atoms with E-state index in [9.17, 15) is 9.59 Å². The number of hydrogen-bond donors (Lipinski definition) is 1. The Bertz CT molecular complexity index is 829. The zero-order valence-electron chi connectivity index (χ0n) is 15.6. The van der Waals surface area contributed by atoms with E-state index in [1.165, 1.54) is 26.2 Å². The van der Waals surface area contributed by atoms with Crippen LogP contribution >= 0.6 is 23.2 Å². The van der Waals surface area contributed by atoms with Gasteiger partial charge in [0, 0.05) is 24.5 Å². The maximum absolute atomic E-state index is 12.4. The summed E-state index contributed by atoms with van der Waals surface area (Å²) in [5.41, 5.74) is 1.84. The van der Waals surface area contributed by atoms with Gasteiger partial charge < -0.3 is 15.0 Å². The Morgan fingerprint density at radius 1 is 1.00 bits per heavy atom. The number of halogens is 2. The van der Waals surface area contributed by atoms with Gasteiger partial charge in [-0.1, -0.05) is 29.3 Å². The van der Waals surface area contributed by atoms with Gasteiger partial charge in [-0.2, -0.15) is 0 Å². The third-order valence-electron chi connectivity index (χ3n) is 4.68. The number of piperidine rings is 1. The average Bonchev–Trinajstić information content (AvgIpc) is 2.69. The standard InChI is InChI=1S/C21H22Cl2N2O3/c1-14(28-21(27)19-17(22)6-5-7-18(19)23)20(26)24-15-8-10-16(11-9-15)25-12-3-2-4-13-25/h5-11,14H,2-4,12-13H2,1H3,(H,24,26)/t14-/m1/s1. The zero-order chi connectivity index (χ0) is 20.1. The number of ether oxygens (including phenoxy) is 1. The van der Waals surface area contributed by atoms with Crippen molar-refractivity contribution in [2.75, 3.05) is 23.3 Å². The van der Waals surface area contributed by atoms with Gasteiger partial charge in [0.25, 0.3) is 5.91 Å². The van der Waals surface area contributed by atoms with Crippen LogP contribution in [0.4, 0.5) is 11.4 Å². The predicted molar refractivity (Wildman–Crippen MR) is 112 cm³/mol. The molecule has 1 fully saturated rings. The van der Waals surface area contributed by atoms with Gasteiger partial charge in [-0.15, -0.1) is 0 Å². The molecule has 1 aliphatic rings. The van der Waals surface area contributed by atoms with Gasteiger partial charge in [-0.25, -0.2) is 4.79 Å². The molecule has 0 spiro atoms. The first-order valence-corrected chi connectivity index (χ1v) is 10.0. The maximum atomic E-state index is 12.4. The molecule has 0 bridgehead atoms. The van der Waals surface area contributed by atoms with Crippen LogP contribution in [0.2, 0.25) is 10.0 Å². The van der Waals surface area contributed by atoms with E-state index in [2.05, 4.69) is 10.2 Å². The summed E-state index contributed by atoms with van der Waals surface area (Å²) in [6, 6.07) is 12.4. The van der Waals surface area contributed by atoms with E-state index in [-0.39, 0.29) is 15.6 Å². The Morgan fingerprint density at radius 2 is 1.61 bits per heavy atom. The van der Waals surface area contributed by atoms with Crippen molar-refractivity contribution < 1.29 is 14.3 Å². The molecular weight excluding hydrogens is 399 g/mol. The highest BCUT2D eigenvalue weighted by Gasteiger charge is 2.22. The third-order valence-corrected chi connectivity index (χ3v) is 5.31. The summed E-state index contributed by atoms with van der Waals surface area (Å²) < 4.78 is 5.22. The van der Waals surface area contributed by atoms with E-state index in [0.29, 0.717) is 5.69 Å². The van der Waals surface area contributed by atoms with Crippen LogP contribution in [-0.4, -0.2) is 31.1 Å². The van der Waals surface area contributed by atoms with Crippen LogP contribution < -0.4 is 10.2 Å². The lowest BCUT2D eigenvalue weighted by molar-refractivity contribution is -0.123. The fraction of sp³-hybridized carbons (Fsp3) is 0.333. The Balaban J connectivity index is 1.58. The van der Waals surface area contributed by atoms with E-state index in [4.69, 9.17) is 27.9 Å². The molecule has 1 heterocycles. The number of anilines is 2. The second-order valence-corrected chi connectivity index (χ2v) is 7.54. The van der Waals surface area contributed by atoms with Crippen LogP contribution in [0.15, 0.2) is 42.5 Å². The molecule has 148 valence electrons. The second kappa shape index (κ2) is 9.30. The number of rotatable bonds is 5. The van der Waals surface area contributed by atoms with E-state index in [1.807, 2.05) is 24.3 Å². The normalized spacial score (nSPS) is 15.0. The van der Waals surface area contributed by atoms with E-state index >= 15 is 0 Å². The summed E-state index contributed by atoms with van der Waals surface area (Å²) in [6.07, 6.45) is 2.69. The fourth-order valence-corrected chi connectivity index (χ4v) is 3.67. The van der Waals surface area contributed by atoms with Crippen LogP contribution in [0.1, 0.15) is 36.5 Å². The molecule has 0 aliphatic carbocycles. The highest BCUT2D eigenvalue weighted by atomic mass is 35.5. The molecule has 2 aromatic rings. The minimum Gasteiger partial charge on any atom is -0.449 e. The first kappa shape index (κ1) is 20.5. The molecule has 1 amide bonds. The zero-order valence-corrected chi connectivity index (χ0v) is 17.1. The number of carbonyl (C=O) groups excluding carboxylic acids is 2. The molecular formula is C21H22Cl2N2O3. The van der Waals surface area contributed by atoms with Crippen LogP contribution in [0.3, 0.4) is 0 Å². The van der Waals surface area contributed by atoms with E-state index in [0.717, 1.165) is 18.8 Å². The lowest BCUT2D eigenvalue weighted by Gasteiger charge is -2.28. The summed E-state index contributed by atoms with van der Waals surface area (Å²) in [7, 11) is 0. The van der Waals surface area contributed by atoms with Crippen molar-refractivity contribution in [2.24, 2.45) is 0 Å². The number of carbonyl (C=O) groups is 2. The second-order valence-electron chi connectivity index (χ2n) is 6.73. The van der Waals surface area contributed by atoms with Crippen LogP contribution in [0, 0.1) is 0 Å². The molecule has 7 heteroatoms. The fourth-order valence-electron chi connectivity index (χ4n) is 3.12. The van der Waals surface area contributed by atoms with Crippen molar-refractivity contribution in [3.05, 3.63) is 58.1 Å². The highest BCUT2D eigenvalue weighted by molar-refractivity contribution is 6.39. The molecule has 2 aromatic carbocycles. The monoisotopic (exact) mass is 420 g/mol. The Hall–Kier alpha value is -2.24. The van der Waals surface area contributed by atoms with Gasteiger partial charge in [0.1, 0.15) is 0 Å². The minimum atomic E-state index is -0.999. The molecule has 0 radical (unpaired) electrons. The summed E-state index contributed by atoms with van der Waals surface area (Å²) in [6.45, 7) is 3.62. The lowest BCUT2D eigenvalue weighted by Crippen LogP contribution is -2.30. The number of benzene rings is 2. The maximum Gasteiger partial charge on any atom is 0.341 e. The number of nitrogens with one attached hydrogen (secondary N) is 1. The van der Waals surface area contributed by atoms with Gasteiger partial charge >= 0.3 is 5.97 Å². The summed E-state index contributed by atoms with van der Waals surface area (Å²) in [4.78, 5) is 27.0. The Morgan fingerprint density at radius 3 is 2.21 bits per heavy atom. The smallest absolute Gasteiger partial charge is 0.341 e. The minimum absolute atomic E-state index is 0.0522. The van der Waals surface area contributed by atoms with Crippen molar-refractivity contribution in [1.29, 1.82) is 0 Å². The van der Waals surface area contributed by atoms with Crippen LogP contribution in [0.5, 0.6) is 0 Å². The molecule has 0 unspecified atom stereocenters. The summed E-state index contributed by atoms with van der Waals surface area (Å²) >= 11 is 12.0. The van der Waals surface area contributed by atoms with Crippen LogP contribution in [-0.2, 0) is 9.53 Å². The Labute approximate surface area is 174 Å². The molecule has 1 saturated heterocycles. The summed E-state index contributed by atoms with van der Waals surface area (Å²) in [5.74, 6) is -1.17. The van der Waals surface area contributed by atoms with E-state index in [1.54, 1.807) is 18.2 Å². The number of hydrogen-bond acceptors (Lipinski definition) is 4. The van der Waals surface area contributed by atoms with E-state index < -0.39 is 18.0 Å². The summed E-state index contributed by atoms with van der Waals surface area (Å²) in [5, 5.41) is 3.12. The lowest BCUT2D eigenvalue weighted by atomic mass is 10.1. The number of nitrogens with zero attached hydrogens (tertiary/aromatic N) is 1. The van der Waals surface area contributed by atoms with Crippen molar-refractivity contribution in [1.82, 2.24) is 0 Å². The molecule has 0 aromatic heterocycles. The molecule has 1 atom stereocenters. The topological polar surface area (TPSA) is 58.6 Å².